The summed E-state index contributed by atoms with van der Waals surface area (Å²) in [4.78, 5) is 23.1. The molecule has 0 aromatic heterocycles. The molecule has 3 aromatic rings. The topological polar surface area (TPSA) is 92.3 Å². The van der Waals surface area contributed by atoms with Crippen LogP contribution in [0, 0.1) is 5.41 Å². The lowest BCUT2D eigenvalue weighted by Crippen LogP contribution is -2.32. The maximum Gasteiger partial charge on any atom is 0.262 e. The number of hydrogen-bond acceptors (Lipinski definition) is 4. The van der Waals surface area contributed by atoms with Crippen molar-refractivity contribution in [1.29, 1.82) is 0 Å². The Morgan fingerprint density at radius 3 is 2.33 bits per heavy atom. The van der Waals surface area contributed by atoms with Gasteiger partial charge in [0.1, 0.15) is 13.0 Å². The average Bonchev–Trinajstić information content (AvgIpc) is 2.73. The van der Waals surface area contributed by atoms with E-state index < -0.39 is 28.0 Å². The molecule has 0 unspecified atom stereocenters. The molecule has 0 spiro atoms. The van der Waals surface area contributed by atoms with Gasteiger partial charge < -0.3 is 5.32 Å². The molecule has 0 radical (unpaired) electrons. The molecule has 6 nitrogen and oxygen atoms in total. The van der Waals surface area contributed by atoms with E-state index in [4.69, 9.17) is 0 Å². The minimum atomic E-state index is -3.90. The molecule has 8 heteroatoms. The number of sulfonamides is 1. The van der Waals surface area contributed by atoms with Crippen LogP contribution in [0.15, 0.2) is 65.6 Å². The SMILES string of the molecule is CC(C)(CF)C(=O)Nc1ccc(NS(=O)(=O)c2cccc3cc(C=O)ccc23)cc1. The number of amides is 1. The van der Waals surface area contributed by atoms with Gasteiger partial charge in [-0.15, -0.1) is 0 Å². The fraction of sp³-hybridized carbons (Fsp3) is 0.182. The van der Waals surface area contributed by atoms with E-state index in [0.29, 0.717) is 34.0 Å². The maximum atomic E-state index is 12.9. The zero-order chi connectivity index (χ0) is 21.9. The molecule has 1 amide bonds. The number of rotatable bonds is 7. The highest BCUT2D eigenvalue weighted by atomic mass is 32.2. The molecule has 3 rings (SSSR count). The molecule has 156 valence electrons. The summed E-state index contributed by atoms with van der Waals surface area (Å²) in [6.07, 6.45) is 0.702. The number of fused-ring (bicyclic) bond motifs is 1. The van der Waals surface area contributed by atoms with Crippen molar-refractivity contribution in [3.05, 3.63) is 66.2 Å². The fourth-order valence-electron chi connectivity index (χ4n) is 2.77. The van der Waals surface area contributed by atoms with Crippen molar-refractivity contribution in [3.8, 4) is 0 Å². The summed E-state index contributed by atoms with van der Waals surface area (Å²) >= 11 is 0. The summed E-state index contributed by atoms with van der Waals surface area (Å²) in [7, 11) is -3.90. The Morgan fingerprint density at radius 1 is 1.03 bits per heavy atom. The second-order valence-corrected chi connectivity index (χ2v) is 9.16. The first-order valence-corrected chi connectivity index (χ1v) is 10.6. The molecular formula is C22H21FN2O4S. The summed E-state index contributed by atoms with van der Waals surface area (Å²) in [6, 6.07) is 15.7. The van der Waals surface area contributed by atoms with Gasteiger partial charge in [0.15, 0.2) is 0 Å². The molecule has 0 bridgehead atoms. The third kappa shape index (κ3) is 4.49. The van der Waals surface area contributed by atoms with Gasteiger partial charge in [-0.25, -0.2) is 12.8 Å². The Hall–Kier alpha value is -3.26. The smallest absolute Gasteiger partial charge is 0.262 e. The van der Waals surface area contributed by atoms with Crippen LogP contribution >= 0.6 is 0 Å². The van der Waals surface area contributed by atoms with Gasteiger partial charge >= 0.3 is 0 Å². The molecule has 2 N–H and O–H groups in total. The van der Waals surface area contributed by atoms with Gasteiger partial charge in [0, 0.05) is 22.3 Å². The van der Waals surface area contributed by atoms with Crippen molar-refractivity contribution in [2.45, 2.75) is 18.7 Å². The fourth-order valence-corrected chi connectivity index (χ4v) is 4.06. The van der Waals surface area contributed by atoms with Crippen molar-refractivity contribution >= 4 is 44.4 Å². The Morgan fingerprint density at radius 2 is 1.70 bits per heavy atom. The molecule has 0 aliphatic heterocycles. The van der Waals surface area contributed by atoms with Gasteiger partial charge in [-0.1, -0.05) is 24.3 Å². The number of anilines is 2. The molecule has 0 fully saturated rings. The highest BCUT2D eigenvalue weighted by molar-refractivity contribution is 7.93. The van der Waals surface area contributed by atoms with Crippen LogP contribution in [0.25, 0.3) is 10.8 Å². The minimum absolute atomic E-state index is 0.0829. The molecule has 3 aromatic carbocycles. The summed E-state index contributed by atoms with van der Waals surface area (Å²) in [5.74, 6) is -0.469. The average molecular weight is 428 g/mol. The van der Waals surface area contributed by atoms with Crippen LogP contribution in [0.4, 0.5) is 15.8 Å². The second-order valence-electron chi connectivity index (χ2n) is 7.51. The zero-order valence-corrected chi connectivity index (χ0v) is 17.3. The van der Waals surface area contributed by atoms with Gasteiger partial charge in [0.05, 0.1) is 10.3 Å². The van der Waals surface area contributed by atoms with Crippen molar-refractivity contribution in [1.82, 2.24) is 0 Å². The molecule has 0 aliphatic carbocycles. The van der Waals surface area contributed by atoms with Crippen molar-refractivity contribution in [2.75, 3.05) is 16.7 Å². The van der Waals surface area contributed by atoms with Gasteiger partial charge in [-0.05, 0) is 55.6 Å². The summed E-state index contributed by atoms with van der Waals surface area (Å²) in [5.41, 5.74) is 0.0343. The maximum absolute atomic E-state index is 12.9. The predicted molar refractivity (Wildman–Crippen MR) is 115 cm³/mol. The normalized spacial score (nSPS) is 11.8. The van der Waals surface area contributed by atoms with E-state index in [0.717, 1.165) is 0 Å². The first kappa shape index (κ1) is 21.4. The third-order valence-electron chi connectivity index (χ3n) is 4.63. The molecule has 0 saturated carbocycles. The zero-order valence-electron chi connectivity index (χ0n) is 16.5. The number of carbonyl (C=O) groups is 2. The van der Waals surface area contributed by atoms with Gasteiger partial charge in [0.25, 0.3) is 10.0 Å². The lowest BCUT2D eigenvalue weighted by molar-refractivity contribution is -0.124. The number of aldehydes is 1. The van der Waals surface area contributed by atoms with Crippen LogP contribution in [0.5, 0.6) is 0 Å². The molecular weight excluding hydrogens is 407 g/mol. The standard InChI is InChI=1S/C22H21FN2O4S/c1-22(2,14-23)21(27)24-17-7-9-18(10-8-17)25-30(28,29)20-5-3-4-16-12-15(13-26)6-11-19(16)20/h3-13,25H,14H2,1-2H3,(H,24,27). The summed E-state index contributed by atoms with van der Waals surface area (Å²) in [5, 5.41) is 3.73. The van der Waals surface area contributed by atoms with Gasteiger partial charge in [0.2, 0.25) is 5.91 Å². The van der Waals surface area contributed by atoms with Crippen molar-refractivity contribution in [2.24, 2.45) is 5.41 Å². The summed E-state index contributed by atoms with van der Waals surface area (Å²) in [6.45, 7) is 2.19. The highest BCUT2D eigenvalue weighted by Crippen LogP contribution is 2.26. The molecule has 0 aliphatic rings. The van der Waals surface area contributed by atoms with Gasteiger partial charge in [-0.2, -0.15) is 0 Å². The monoisotopic (exact) mass is 428 g/mol. The van der Waals surface area contributed by atoms with Crippen LogP contribution in [-0.2, 0) is 14.8 Å². The number of halogens is 1. The van der Waals surface area contributed by atoms with E-state index in [1.807, 2.05) is 0 Å². The van der Waals surface area contributed by atoms with Crippen LogP contribution < -0.4 is 10.0 Å². The second kappa shape index (κ2) is 8.23. The largest absolute Gasteiger partial charge is 0.326 e. The first-order valence-electron chi connectivity index (χ1n) is 9.14. The summed E-state index contributed by atoms with van der Waals surface area (Å²) < 4.78 is 41.3. The number of alkyl halides is 1. The number of nitrogens with one attached hydrogen (secondary N) is 2. The number of hydrogen-bond donors (Lipinski definition) is 2. The predicted octanol–water partition coefficient (Wildman–Crippen LogP) is 4.39. The van der Waals surface area contributed by atoms with Gasteiger partial charge in [-0.3, -0.25) is 14.3 Å². The minimum Gasteiger partial charge on any atom is -0.326 e. The van der Waals surface area contributed by atoms with Crippen molar-refractivity contribution < 1.29 is 22.4 Å². The Labute approximate surface area is 174 Å². The van der Waals surface area contributed by atoms with E-state index in [2.05, 4.69) is 10.0 Å². The first-order chi connectivity index (χ1) is 14.2. The lowest BCUT2D eigenvalue weighted by Gasteiger charge is -2.19. The quantitative estimate of drug-likeness (QED) is 0.546. The Bertz CT molecular complexity index is 1210. The lowest BCUT2D eigenvalue weighted by atomic mass is 9.94. The van der Waals surface area contributed by atoms with E-state index in [9.17, 15) is 22.4 Å². The Kier molecular flexibility index (Phi) is 5.89. The highest BCUT2D eigenvalue weighted by Gasteiger charge is 2.27. The van der Waals surface area contributed by atoms with E-state index in [1.165, 1.54) is 44.2 Å². The van der Waals surface area contributed by atoms with Crippen LogP contribution in [0.2, 0.25) is 0 Å². The molecule has 0 atom stereocenters. The van der Waals surface area contributed by atoms with Crippen LogP contribution in [0.1, 0.15) is 24.2 Å². The molecule has 0 saturated heterocycles. The number of benzene rings is 3. The Balaban J connectivity index is 1.83. The number of carbonyl (C=O) groups excluding carboxylic acids is 2. The van der Waals surface area contributed by atoms with E-state index in [1.54, 1.807) is 30.3 Å². The van der Waals surface area contributed by atoms with Crippen LogP contribution in [0.3, 0.4) is 0 Å². The molecule has 30 heavy (non-hydrogen) atoms. The van der Waals surface area contributed by atoms with Crippen molar-refractivity contribution in [3.63, 3.8) is 0 Å². The van der Waals surface area contributed by atoms with E-state index >= 15 is 0 Å². The van der Waals surface area contributed by atoms with E-state index in [-0.39, 0.29) is 4.90 Å². The molecule has 0 heterocycles. The third-order valence-corrected chi connectivity index (χ3v) is 6.07. The van der Waals surface area contributed by atoms with Crippen LogP contribution in [-0.4, -0.2) is 27.3 Å².